The summed E-state index contributed by atoms with van der Waals surface area (Å²) in [5.41, 5.74) is 6.65. The maximum atomic E-state index is 5.65. The average Bonchev–Trinajstić information content (AvgIpc) is 3.30. The molecule has 4 heterocycles. The third-order valence-electron chi connectivity index (χ3n) is 5.44. The largest absolute Gasteiger partial charge is 0.494 e. The third kappa shape index (κ3) is 2.74. The molecule has 0 saturated heterocycles. The first-order chi connectivity index (χ1) is 13.7. The minimum absolute atomic E-state index is 0.281. The molecule has 1 aromatic carbocycles. The number of aromatic nitrogens is 4. The van der Waals surface area contributed by atoms with E-state index in [1.54, 1.807) is 0 Å². The van der Waals surface area contributed by atoms with Gasteiger partial charge in [0.05, 0.1) is 29.7 Å². The number of nitrogens with zero attached hydrogens (tertiary/aromatic N) is 4. The number of fused-ring (bicyclic) bond motifs is 2. The Kier molecular flexibility index (Phi) is 4.08. The molecule has 5 rings (SSSR count). The van der Waals surface area contributed by atoms with Crippen molar-refractivity contribution in [3.63, 3.8) is 0 Å². The normalized spacial score (nSPS) is 15.7. The van der Waals surface area contributed by atoms with E-state index in [1.165, 1.54) is 16.6 Å². The first kappa shape index (κ1) is 16.9. The highest BCUT2D eigenvalue weighted by Gasteiger charge is 2.30. The lowest BCUT2D eigenvalue weighted by Crippen LogP contribution is -2.01. The highest BCUT2D eigenvalue weighted by molar-refractivity contribution is 5.84. The molecule has 1 aliphatic heterocycles. The van der Waals surface area contributed by atoms with Crippen LogP contribution in [0.2, 0.25) is 0 Å². The number of aryl methyl sites for hydroxylation is 2. The van der Waals surface area contributed by atoms with Crippen molar-refractivity contribution in [1.29, 1.82) is 0 Å². The Hall–Kier alpha value is -3.21. The predicted octanol–water partition coefficient (Wildman–Crippen LogP) is 4.74. The van der Waals surface area contributed by atoms with Gasteiger partial charge in [-0.3, -0.25) is 14.6 Å². The zero-order chi connectivity index (χ0) is 19.1. The highest BCUT2D eigenvalue weighted by atomic mass is 16.5. The molecule has 1 unspecified atom stereocenters. The molecule has 5 nitrogen and oxygen atoms in total. The maximum Gasteiger partial charge on any atom is 0.121 e. The summed E-state index contributed by atoms with van der Waals surface area (Å²) in [6, 6.07) is 14.5. The van der Waals surface area contributed by atoms with E-state index in [4.69, 9.17) is 9.72 Å². The lowest BCUT2D eigenvalue weighted by molar-refractivity contribution is 0.340. The molecule has 3 aromatic heterocycles. The molecule has 0 spiro atoms. The molecule has 0 amide bonds. The van der Waals surface area contributed by atoms with Gasteiger partial charge in [0.15, 0.2) is 0 Å². The van der Waals surface area contributed by atoms with Gasteiger partial charge in [-0.1, -0.05) is 6.07 Å². The van der Waals surface area contributed by atoms with Crippen LogP contribution in [0, 0.1) is 6.92 Å². The van der Waals surface area contributed by atoms with Crippen LogP contribution in [0.25, 0.3) is 22.2 Å². The smallest absolute Gasteiger partial charge is 0.121 e. The third-order valence-corrected chi connectivity index (χ3v) is 5.44. The number of hydrogen-bond donors (Lipinski definition) is 0. The van der Waals surface area contributed by atoms with E-state index in [0.29, 0.717) is 6.61 Å². The van der Waals surface area contributed by atoms with Gasteiger partial charge in [-0.15, -0.1) is 0 Å². The highest BCUT2D eigenvalue weighted by Crippen LogP contribution is 2.41. The van der Waals surface area contributed by atoms with Crippen molar-refractivity contribution < 1.29 is 4.74 Å². The Morgan fingerprint density at radius 2 is 2.11 bits per heavy atom. The fourth-order valence-corrected chi connectivity index (χ4v) is 4.23. The summed E-state index contributed by atoms with van der Waals surface area (Å²) in [7, 11) is 0. The second-order valence-corrected chi connectivity index (χ2v) is 7.18. The molecule has 0 saturated carbocycles. The first-order valence-corrected chi connectivity index (χ1v) is 9.76. The number of benzene rings is 1. The number of rotatable bonds is 4. The summed E-state index contributed by atoms with van der Waals surface area (Å²) >= 11 is 0. The first-order valence-electron chi connectivity index (χ1n) is 9.76. The standard InChI is InChI=1S/C23H22N4O/c1-3-28-16-7-8-18-17(9-11-24-22(18)13-16)19-10-12-27-23(19)20(14-25-27)21-6-4-5-15(2)26-21/h4-9,11,13-14,19H,3,10,12H2,1-2H3. The zero-order valence-corrected chi connectivity index (χ0v) is 16.1. The van der Waals surface area contributed by atoms with E-state index in [0.717, 1.165) is 41.2 Å². The second kappa shape index (κ2) is 6.75. The van der Waals surface area contributed by atoms with Crippen molar-refractivity contribution in [1.82, 2.24) is 19.7 Å². The lowest BCUT2D eigenvalue weighted by atomic mass is 9.89. The molecule has 0 aliphatic carbocycles. The molecule has 5 heteroatoms. The van der Waals surface area contributed by atoms with E-state index in [9.17, 15) is 0 Å². The van der Waals surface area contributed by atoms with E-state index in [-0.39, 0.29) is 5.92 Å². The summed E-state index contributed by atoms with van der Waals surface area (Å²) in [5, 5.41) is 5.81. The molecule has 4 aromatic rings. The van der Waals surface area contributed by atoms with Gasteiger partial charge in [-0.2, -0.15) is 5.10 Å². The summed E-state index contributed by atoms with van der Waals surface area (Å²) in [4.78, 5) is 9.31. The lowest BCUT2D eigenvalue weighted by Gasteiger charge is -2.15. The molecule has 0 N–H and O–H groups in total. The summed E-state index contributed by atoms with van der Waals surface area (Å²) in [6.07, 6.45) is 4.89. The Labute approximate surface area is 164 Å². The van der Waals surface area contributed by atoms with E-state index in [2.05, 4.69) is 39.0 Å². The van der Waals surface area contributed by atoms with Crippen LogP contribution in [0.15, 0.2) is 54.9 Å². The van der Waals surface area contributed by atoms with Gasteiger partial charge in [0, 0.05) is 41.4 Å². The van der Waals surface area contributed by atoms with Crippen LogP contribution < -0.4 is 4.74 Å². The van der Waals surface area contributed by atoms with Crippen LogP contribution in [0.3, 0.4) is 0 Å². The van der Waals surface area contributed by atoms with Crippen LogP contribution in [0.4, 0.5) is 0 Å². The number of pyridine rings is 2. The van der Waals surface area contributed by atoms with Crippen molar-refractivity contribution in [3.05, 3.63) is 71.8 Å². The molecule has 0 fully saturated rings. The van der Waals surface area contributed by atoms with Crippen LogP contribution in [-0.2, 0) is 6.54 Å². The van der Waals surface area contributed by atoms with E-state index < -0.39 is 0 Å². The van der Waals surface area contributed by atoms with Crippen molar-refractivity contribution >= 4 is 10.9 Å². The summed E-state index contributed by atoms with van der Waals surface area (Å²) in [6.45, 7) is 5.60. The summed E-state index contributed by atoms with van der Waals surface area (Å²) < 4.78 is 7.78. The van der Waals surface area contributed by atoms with Gasteiger partial charge in [0.2, 0.25) is 0 Å². The van der Waals surface area contributed by atoms with Gasteiger partial charge in [0.1, 0.15) is 5.75 Å². The average molecular weight is 370 g/mol. The van der Waals surface area contributed by atoms with Crippen molar-refractivity contribution in [3.8, 4) is 17.0 Å². The zero-order valence-electron chi connectivity index (χ0n) is 16.1. The van der Waals surface area contributed by atoms with Gasteiger partial charge in [-0.25, -0.2) is 0 Å². The fourth-order valence-electron chi connectivity index (χ4n) is 4.23. The van der Waals surface area contributed by atoms with Gasteiger partial charge >= 0.3 is 0 Å². The van der Waals surface area contributed by atoms with Crippen LogP contribution in [-0.4, -0.2) is 26.4 Å². The monoisotopic (exact) mass is 370 g/mol. The maximum absolute atomic E-state index is 5.65. The molecule has 28 heavy (non-hydrogen) atoms. The molecular formula is C23H22N4O. The molecule has 0 radical (unpaired) electrons. The molecule has 0 bridgehead atoms. The quantitative estimate of drug-likeness (QED) is 0.521. The van der Waals surface area contributed by atoms with Crippen molar-refractivity contribution in [2.45, 2.75) is 32.7 Å². The number of ether oxygens (including phenoxy) is 1. The fraction of sp³-hybridized carbons (Fsp3) is 0.261. The summed E-state index contributed by atoms with van der Waals surface area (Å²) in [5.74, 6) is 1.14. The van der Waals surface area contributed by atoms with Crippen LogP contribution >= 0.6 is 0 Å². The van der Waals surface area contributed by atoms with Gasteiger partial charge in [-0.05, 0) is 56.2 Å². The topological polar surface area (TPSA) is 52.8 Å². The Morgan fingerprint density at radius 3 is 2.96 bits per heavy atom. The Balaban J connectivity index is 1.63. The Morgan fingerprint density at radius 1 is 1.18 bits per heavy atom. The minimum Gasteiger partial charge on any atom is -0.494 e. The SMILES string of the molecule is CCOc1ccc2c(C3CCn4ncc(-c5cccc(C)n5)c43)ccnc2c1. The van der Waals surface area contributed by atoms with E-state index >= 15 is 0 Å². The van der Waals surface area contributed by atoms with E-state index in [1.807, 2.05) is 44.4 Å². The van der Waals surface area contributed by atoms with Crippen LogP contribution in [0.5, 0.6) is 5.75 Å². The molecular weight excluding hydrogens is 348 g/mol. The number of hydrogen-bond acceptors (Lipinski definition) is 4. The molecule has 1 aliphatic rings. The molecule has 1 atom stereocenters. The molecule has 140 valence electrons. The Bertz CT molecular complexity index is 1160. The predicted molar refractivity (Wildman–Crippen MR) is 110 cm³/mol. The van der Waals surface area contributed by atoms with Crippen LogP contribution in [0.1, 0.15) is 36.2 Å². The van der Waals surface area contributed by atoms with Crippen molar-refractivity contribution in [2.24, 2.45) is 0 Å². The minimum atomic E-state index is 0.281. The van der Waals surface area contributed by atoms with Crippen molar-refractivity contribution in [2.75, 3.05) is 6.61 Å². The van der Waals surface area contributed by atoms with Gasteiger partial charge in [0.25, 0.3) is 0 Å². The second-order valence-electron chi connectivity index (χ2n) is 7.18. The van der Waals surface area contributed by atoms with Gasteiger partial charge < -0.3 is 4.74 Å².